The molecule has 0 radical (unpaired) electrons. The van der Waals surface area contributed by atoms with E-state index in [1.165, 1.54) is 43.5 Å². The van der Waals surface area contributed by atoms with Gasteiger partial charge in [0.05, 0.1) is 30.6 Å². The van der Waals surface area contributed by atoms with Crippen LogP contribution in [0.15, 0.2) is 24.3 Å². The van der Waals surface area contributed by atoms with Crippen molar-refractivity contribution in [3.8, 4) is 0 Å². The number of amides is 1. The van der Waals surface area contributed by atoms with Gasteiger partial charge in [-0.25, -0.2) is 0 Å². The predicted molar refractivity (Wildman–Crippen MR) is 127 cm³/mol. The Hall–Kier alpha value is -0.960. The van der Waals surface area contributed by atoms with Gasteiger partial charge in [-0.3, -0.25) is 9.59 Å². The second-order valence-electron chi connectivity index (χ2n) is 9.62. The zero-order valence-electron chi connectivity index (χ0n) is 18.7. The fourth-order valence-corrected chi connectivity index (χ4v) is 7.09. The number of benzene rings is 1. The van der Waals surface area contributed by atoms with E-state index in [4.69, 9.17) is 17.3 Å². The number of ketones is 1. The summed E-state index contributed by atoms with van der Waals surface area (Å²) in [6.45, 7) is 3.20. The van der Waals surface area contributed by atoms with E-state index < -0.39 is 5.91 Å². The number of quaternary nitrogens is 1. The topological polar surface area (TPSA) is 60.2 Å². The number of hydrogen-bond acceptors (Lipinski definition) is 3. The maximum Gasteiger partial charge on any atom is 0.250 e. The summed E-state index contributed by atoms with van der Waals surface area (Å²) in [5, 5.41) is 0.660. The number of nitrogens with zero attached hydrogens (tertiary/aromatic N) is 1. The molecule has 1 aromatic carbocycles. The van der Waals surface area contributed by atoms with Gasteiger partial charge in [-0.05, 0) is 36.1 Å². The van der Waals surface area contributed by atoms with Crippen LogP contribution in [0.5, 0.6) is 0 Å². The lowest BCUT2D eigenvalue weighted by molar-refractivity contribution is -0.927. The number of likely N-dealkylation sites (N-methyl/N-ethyl adjacent to an activating group) is 1. The molecule has 4 nitrogen and oxygen atoms in total. The van der Waals surface area contributed by atoms with Gasteiger partial charge in [-0.2, -0.15) is 0 Å². The normalized spacial score (nSPS) is 20.9. The molecule has 1 aliphatic carbocycles. The monoisotopic (exact) mass is 586 g/mol. The van der Waals surface area contributed by atoms with E-state index in [2.05, 4.69) is 7.05 Å². The minimum absolute atomic E-state index is 0. The molecule has 0 bridgehead atoms. The van der Waals surface area contributed by atoms with Gasteiger partial charge in [0.25, 0.3) is 0 Å². The third kappa shape index (κ3) is 6.13. The molecule has 32 heavy (non-hydrogen) atoms. The summed E-state index contributed by atoms with van der Waals surface area (Å²) in [7, 11) is 2.35. The Labute approximate surface area is 217 Å². The number of thiophene rings is 1. The van der Waals surface area contributed by atoms with Crippen LogP contribution in [0, 0.1) is 5.92 Å². The van der Waals surface area contributed by atoms with Crippen LogP contribution in [0.25, 0.3) is 0 Å². The van der Waals surface area contributed by atoms with Gasteiger partial charge in [-0.1, -0.05) is 43.0 Å². The maximum absolute atomic E-state index is 12.8. The van der Waals surface area contributed by atoms with Crippen LogP contribution in [-0.2, 0) is 30.6 Å². The standard InChI is InChI=1S/C25H31ClN2O2S.HI/c1-28(15-18-5-3-2-4-6-18)12-11-21-23(16-28)31-22(24(21)25(27)30)14-20(29)13-17-7-9-19(26)10-8-17;/h7-10,18H,2-6,11-16H2,1H3,(H-,27,30);1H. The lowest BCUT2D eigenvalue weighted by Crippen LogP contribution is -3.00. The van der Waals surface area contributed by atoms with E-state index in [1.807, 2.05) is 12.1 Å². The second kappa shape index (κ2) is 11.0. The van der Waals surface area contributed by atoms with Crippen molar-refractivity contribution in [3.63, 3.8) is 0 Å². The third-order valence-corrected chi connectivity index (χ3v) is 8.40. The number of hydrogen-bond donors (Lipinski definition) is 1. The highest BCUT2D eigenvalue weighted by molar-refractivity contribution is 7.12. The van der Waals surface area contributed by atoms with Gasteiger partial charge in [0.2, 0.25) is 5.91 Å². The van der Waals surface area contributed by atoms with Crippen LogP contribution in [0.2, 0.25) is 5.02 Å². The molecule has 7 heteroatoms. The fraction of sp³-hybridized carbons (Fsp3) is 0.520. The Morgan fingerprint density at radius 1 is 1.12 bits per heavy atom. The Kier molecular flexibility index (Phi) is 8.80. The van der Waals surface area contributed by atoms with Crippen molar-refractivity contribution >= 4 is 34.6 Å². The molecule has 1 atom stereocenters. The summed E-state index contributed by atoms with van der Waals surface area (Å²) in [6.07, 6.45) is 8.28. The molecular formula is C25H32ClIN2O2S. The number of Topliss-reactive ketones (excluding diaryl/α,β-unsaturated/α-hetero) is 1. The molecule has 2 heterocycles. The number of carbonyl (C=O) groups is 2. The van der Waals surface area contributed by atoms with Gasteiger partial charge in [0.1, 0.15) is 12.3 Å². The summed E-state index contributed by atoms with van der Waals surface area (Å²) >= 11 is 7.58. The van der Waals surface area contributed by atoms with E-state index in [1.54, 1.807) is 23.5 Å². The molecule has 1 saturated carbocycles. The predicted octanol–water partition coefficient (Wildman–Crippen LogP) is 1.94. The molecule has 1 aliphatic heterocycles. The summed E-state index contributed by atoms with van der Waals surface area (Å²) in [6, 6.07) is 7.35. The summed E-state index contributed by atoms with van der Waals surface area (Å²) in [4.78, 5) is 27.2. The van der Waals surface area contributed by atoms with E-state index in [9.17, 15) is 9.59 Å². The van der Waals surface area contributed by atoms with Crippen molar-refractivity contribution < 1.29 is 38.0 Å². The highest BCUT2D eigenvalue weighted by atomic mass is 127. The first kappa shape index (κ1) is 25.7. The van der Waals surface area contributed by atoms with Crippen LogP contribution < -0.4 is 29.7 Å². The van der Waals surface area contributed by atoms with Crippen molar-refractivity contribution in [1.82, 2.24) is 0 Å². The van der Waals surface area contributed by atoms with Crippen LogP contribution >= 0.6 is 22.9 Å². The van der Waals surface area contributed by atoms with Gasteiger partial charge in [0.15, 0.2) is 0 Å². The van der Waals surface area contributed by atoms with Crippen LogP contribution in [0.4, 0.5) is 0 Å². The van der Waals surface area contributed by atoms with E-state index >= 15 is 0 Å². The quantitative estimate of drug-likeness (QED) is 0.398. The number of fused-ring (bicyclic) bond motifs is 1. The number of halogens is 2. The molecular weight excluding hydrogens is 555 g/mol. The molecule has 0 saturated heterocycles. The average molecular weight is 587 g/mol. The van der Waals surface area contributed by atoms with Gasteiger partial charge in [-0.15, -0.1) is 11.3 Å². The van der Waals surface area contributed by atoms with E-state index in [0.29, 0.717) is 17.0 Å². The summed E-state index contributed by atoms with van der Waals surface area (Å²) in [5.74, 6) is 0.523. The van der Waals surface area contributed by atoms with Crippen LogP contribution in [0.1, 0.15) is 63.3 Å². The van der Waals surface area contributed by atoms with Gasteiger partial charge < -0.3 is 34.2 Å². The molecule has 1 fully saturated rings. The van der Waals surface area contributed by atoms with Crippen LogP contribution in [0.3, 0.4) is 0 Å². The number of carbonyl (C=O) groups excluding carboxylic acids is 2. The molecule has 2 aliphatic rings. The first-order valence-corrected chi connectivity index (χ1v) is 12.6. The third-order valence-electron chi connectivity index (χ3n) is 6.93. The molecule has 0 spiro atoms. The summed E-state index contributed by atoms with van der Waals surface area (Å²) < 4.78 is 1.04. The van der Waals surface area contributed by atoms with Crippen molar-refractivity contribution in [1.29, 1.82) is 0 Å². The SMILES string of the molecule is C[N+]1(CC2CCCCC2)CCc2c(sc(CC(=O)Cc3ccc(Cl)cc3)c2C(N)=O)C1.[I-]. The number of primary amides is 1. The minimum atomic E-state index is -0.393. The molecule has 4 rings (SSSR count). The lowest BCUT2D eigenvalue weighted by Gasteiger charge is -2.41. The number of nitrogens with two attached hydrogens (primary N) is 1. The zero-order chi connectivity index (χ0) is 22.0. The molecule has 2 aromatic rings. The van der Waals surface area contributed by atoms with Gasteiger partial charge in [0, 0.05) is 35.1 Å². The fourth-order valence-electron chi connectivity index (χ4n) is 5.40. The Balaban J connectivity index is 0.00000289. The largest absolute Gasteiger partial charge is 1.00 e. The highest BCUT2D eigenvalue weighted by Crippen LogP contribution is 2.37. The Bertz CT molecular complexity index is 969. The summed E-state index contributed by atoms with van der Waals surface area (Å²) in [5.41, 5.74) is 8.44. The maximum atomic E-state index is 12.8. The molecule has 1 unspecified atom stereocenters. The molecule has 1 amide bonds. The van der Waals surface area contributed by atoms with Crippen molar-refractivity contribution in [2.24, 2.45) is 11.7 Å². The van der Waals surface area contributed by atoms with E-state index in [-0.39, 0.29) is 36.2 Å². The Morgan fingerprint density at radius 2 is 1.81 bits per heavy atom. The number of rotatable bonds is 7. The highest BCUT2D eigenvalue weighted by Gasteiger charge is 2.36. The first-order valence-electron chi connectivity index (χ1n) is 11.4. The Morgan fingerprint density at radius 3 is 2.47 bits per heavy atom. The van der Waals surface area contributed by atoms with Crippen molar-refractivity contribution in [2.75, 3.05) is 20.1 Å². The molecule has 174 valence electrons. The van der Waals surface area contributed by atoms with Crippen molar-refractivity contribution in [2.45, 2.75) is 57.9 Å². The van der Waals surface area contributed by atoms with E-state index in [0.717, 1.165) is 45.9 Å². The molecule has 2 N–H and O–H groups in total. The second-order valence-corrected chi connectivity index (χ2v) is 11.2. The van der Waals surface area contributed by atoms with Gasteiger partial charge >= 0.3 is 0 Å². The average Bonchev–Trinajstić information content (AvgIpc) is 3.06. The van der Waals surface area contributed by atoms with Crippen LogP contribution in [-0.4, -0.2) is 36.3 Å². The first-order chi connectivity index (χ1) is 14.8. The van der Waals surface area contributed by atoms with Crippen molar-refractivity contribution in [3.05, 3.63) is 55.7 Å². The smallest absolute Gasteiger partial charge is 0.250 e. The lowest BCUT2D eigenvalue weighted by atomic mass is 9.87. The minimum Gasteiger partial charge on any atom is -1.00 e. The molecule has 1 aromatic heterocycles. The zero-order valence-corrected chi connectivity index (χ0v) is 22.4.